The van der Waals surface area contributed by atoms with Gasteiger partial charge < -0.3 is 15.7 Å². The predicted molar refractivity (Wildman–Crippen MR) is 70.4 cm³/mol. The number of H-pyrrole nitrogens is 1. The molecule has 0 aliphatic carbocycles. The average Bonchev–Trinajstić information content (AvgIpc) is 2.92. The van der Waals surface area contributed by atoms with Crippen LogP contribution in [0.2, 0.25) is 0 Å². The number of aromatic carboxylic acids is 1. The van der Waals surface area contributed by atoms with E-state index < -0.39 is 12.0 Å². The van der Waals surface area contributed by atoms with Crippen LogP contribution in [0.4, 0.5) is 10.5 Å². The van der Waals surface area contributed by atoms with Gasteiger partial charge in [-0.05, 0) is 19.1 Å². The van der Waals surface area contributed by atoms with E-state index >= 15 is 0 Å². The van der Waals surface area contributed by atoms with Crippen LogP contribution < -0.4 is 10.6 Å². The van der Waals surface area contributed by atoms with Gasteiger partial charge in [-0.25, -0.2) is 14.6 Å². The molecule has 1 atom stereocenters. The molecule has 2 aromatic rings. The maximum atomic E-state index is 11.8. The van der Waals surface area contributed by atoms with E-state index in [-0.39, 0.29) is 17.4 Å². The number of carbonyl (C=O) groups is 2. The molecule has 0 bridgehead atoms. The summed E-state index contributed by atoms with van der Waals surface area (Å²) < 4.78 is 0. The Morgan fingerprint density at radius 1 is 1.45 bits per heavy atom. The molecule has 2 aromatic heterocycles. The summed E-state index contributed by atoms with van der Waals surface area (Å²) in [4.78, 5) is 26.5. The van der Waals surface area contributed by atoms with Crippen LogP contribution in [-0.2, 0) is 0 Å². The van der Waals surface area contributed by atoms with E-state index in [0.29, 0.717) is 0 Å². The number of hydrogen-bond donors (Lipinski definition) is 4. The van der Waals surface area contributed by atoms with E-state index in [1.165, 1.54) is 12.3 Å². The summed E-state index contributed by atoms with van der Waals surface area (Å²) in [5, 5.41) is 20.5. The highest BCUT2D eigenvalue weighted by molar-refractivity contribution is 5.98. The summed E-state index contributed by atoms with van der Waals surface area (Å²) in [5.74, 6) is -1.20. The fraction of sp³-hybridized carbons (Fsp3) is 0.167. The first-order valence-electron chi connectivity index (χ1n) is 5.82. The van der Waals surface area contributed by atoms with E-state index in [4.69, 9.17) is 5.11 Å². The molecular weight excluding hydrogens is 262 g/mol. The molecule has 0 saturated carbocycles. The monoisotopic (exact) mass is 275 g/mol. The number of nitrogens with zero attached hydrogens (tertiary/aromatic N) is 2. The normalized spacial score (nSPS) is 11.7. The standard InChI is InChI=1S/C12H13N5O3/c1-7(8-5-14-15-6-8)16-12(20)17-9-3-2-4-13-10(9)11(18)19/h2-7H,1H3,(H,14,15)(H,18,19)(H2,16,17,20). The molecule has 2 rings (SSSR count). The van der Waals surface area contributed by atoms with Crippen molar-refractivity contribution in [3.63, 3.8) is 0 Å². The van der Waals surface area contributed by atoms with Gasteiger partial charge in [0.15, 0.2) is 5.69 Å². The van der Waals surface area contributed by atoms with E-state index in [2.05, 4.69) is 25.8 Å². The van der Waals surface area contributed by atoms with Crippen LogP contribution in [0.1, 0.15) is 29.0 Å². The zero-order chi connectivity index (χ0) is 14.5. The van der Waals surface area contributed by atoms with Gasteiger partial charge in [-0.3, -0.25) is 5.10 Å². The molecule has 8 heteroatoms. The van der Waals surface area contributed by atoms with Gasteiger partial charge in [-0.2, -0.15) is 5.10 Å². The van der Waals surface area contributed by atoms with Gasteiger partial charge in [0.05, 0.1) is 17.9 Å². The lowest BCUT2D eigenvalue weighted by atomic mass is 10.2. The summed E-state index contributed by atoms with van der Waals surface area (Å²) >= 11 is 0. The number of anilines is 1. The number of carboxylic acid groups (broad SMARTS) is 1. The van der Waals surface area contributed by atoms with Crippen molar-refractivity contribution in [3.8, 4) is 0 Å². The minimum Gasteiger partial charge on any atom is -0.476 e. The Morgan fingerprint density at radius 3 is 2.90 bits per heavy atom. The van der Waals surface area contributed by atoms with Gasteiger partial charge >= 0.3 is 12.0 Å². The topological polar surface area (TPSA) is 120 Å². The van der Waals surface area contributed by atoms with Gasteiger partial charge in [0, 0.05) is 18.0 Å². The Hall–Kier alpha value is -2.90. The van der Waals surface area contributed by atoms with Gasteiger partial charge in [0.2, 0.25) is 0 Å². The van der Waals surface area contributed by atoms with E-state index in [0.717, 1.165) is 5.56 Å². The van der Waals surface area contributed by atoms with Gasteiger partial charge in [-0.15, -0.1) is 0 Å². The first kappa shape index (κ1) is 13.5. The fourth-order valence-electron chi connectivity index (χ4n) is 1.61. The number of rotatable bonds is 4. The number of urea groups is 1. The van der Waals surface area contributed by atoms with Crippen LogP contribution in [0, 0.1) is 0 Å². The fourth-order valence-corrected chi connectivity index (χ4v) is 1.61. The lowest BCUT2D eigenvalue weighted by molar-refractivity contribution is 0.0692. The number of carbonyl (C=O) groups excluding carboxylic acids is 1. The average molecular weight is 275 g/mol. The molecule has 0 spiro atoms. The first-order valence-corrected chi connectivity index (χ1v) is 5.82. The maximum absolute atomic E-state index is 11.8. The van der Waals surface area contributed by atoms with Crippen LogP contribution in [0.25, 0.3) is 0 Å². The van der Waals surface area contributed by atoms with Crippen molar-refractivity contribution in [1.82, 2.24) is 20.5 Å². The number of aromatic nitrogens is 3. The number of aromatic amines is 1. The first-order chi connectivity index (χ1) is 9.58. The second kappa shape index (κ2) is 5.83. The molecule has 0 radical (unpaired) electrons. The van der Waals surface area contributed by atoms with Crippen LogP contribution >= 0.6 is 0 Å². The number of pyridine rings is 1. The van der Waals surface area contributed by atoms with Crippen LogP contribution in [0.15, 0.2) is 30.7 Å². The Balaban J connectivity index is 2.03. The second-order valence-corrected chi connectivity index (χ2v) is 4.06. The summed E-state index contributed by atoms with van der Waals surface area (Å²) in [6.45, 7) is 1.78. The molecular formula is C12H13N5O3. The summed E-state index contributed by atoms with van der Waals surface area (Å²) in [6, 6.07) is 2.23. The molecule has 0 saturated heterocycles. The Morgan fingerprint density at radius 2 is 2.25 bits per heavy atom. The van der Waals surface area contributed by atoms with Crippen LogP contribution in [0.3, 0.4) is 0 Å². The van der Waals surface area contributed by atoms with Crippen molar-refractivity contribution in [2.24, 2.45) is 0 Å². The van der Waals surface area contributed by atoms with E-state index in [1.54, 1.807) is 25.4 Å². The quantitative estimate of drug-likeness (QED) is 0.672. The molecule has 20 heavy (non-hydrogen) atoms. The van der Waals surface area contributed by atoms with Crippen molar-refractivity contribution in [1.29, 1.82) is 0 Å². The summed E-state index contributed by atoms with van der Waals surface area (Å²) in [6.07, 6.45) is 4.61. The third-order valence-corrected chi connectivity index (χ3v) is 2.63. The third kappa shape index (κ3) is 3.10. The minimum atomic E-state index is -1.20. The predicted octanol–water partition coefficient (Wildman–Crippen LogP) is 1.39. The van der Waals surface area contributed by atoms with Gasteiger partial charge in [-0.1, -0.05) is 0 Å². The molecule has 2 amide bonds. The number of amides is 2. The molecule has 0 aromatic carbocycles. The highest BCUT2D eigenvalue weighted by atomic mass is 16.4. The Bertz CT molecular complexity index is 611. The third-order valence-electron chi connectivity index (χ3n) is 2.63. The van der Waals surface area contributed by atoms with Crippen LogP contribution in [-0.4, -0.2) is 32.3 Å². The molecule has 8 nitrogen and oxygen atoms in total. The van der Waals surface area contributed by atoms with Crippen LogP contribution in [0.5, 0.6) is 0 Å². The zero-order valence-corrected chi connectivity index (χ0v) is 10.6. The molecule has 0 fully saturated rings. The van der Waals surface area contributed by atoms with Gasteiger partial charge in [0.25, 0.3) is 0 Å². The molecule has 1 unspecified atom stereocenters. The van der Waals surface area contributed by atoms with Crippen molar-refractivity contribution in [2.45, 2.75) is 13.0 Å². The summed E-state index contributed by atoms with van der Waals surface area (Å²) in [5.41, 5.74) is 0.736. The highest BCUT2D eigenvalue weighted by Gasteiger charge is 2.15. The number of nitrogens with one attached hydrogen (secondary N) is 3. The zero-order valence-electron chi connectivity index (χ0n) is 10.6. The minimum absolute atomic E-state index is 0.136. The molecule has 0 aliphatic heterocycles. The van der Waals surface area contributed by atoms with Gasteiger partial charge in [0.1, 0.15) is 0 Å². The molecule has 4 N–H and O–H groups in total. The maximum Gasteiger partial charge on any atom is 0.356 e. The van der Waals surface area contributed by atoms with E-state index in [9.17, 15) is 9.59 Å². The van der Waals surface area contributed by atoms with Crippen molar-refractivity contribution in [2.75, 3.05) is 5.32 Å². The highest BCUT2D eigenvalue weighted by Crippen LogP contribution is 2.13. The Labute approximate surface area is 114 Å². The lowest BCUT2D eigenvalue weighted by Gasteiger charge is -2.13. The Kier molecular flexibility index (Phi) is 3.94. The van der Waals surface area contributed by atoms with E-state index in [1.807, 2.05) is 0 Å². The summed E-state index contributed by atoms with van der Waals surface area (Å²) in [7, 11) is 0. The largest absolute Gasteiger partial charge is 0.476 e. The lowest BCUT2D eigenvalue weighted by Crippen LogP contribution is -2.31. The SMILES string of the molecule is CC(NC(=O)Nc1cccnc1C(=O)O)c1cn[nH]c1. The van der Waals surface area contributed by atoms with Crippen molar-refractivity contribution >= 4 is 17.7 Å². The number of carboxylic acids is 1. The molecule has 104 valence electrons. The smallest absolute Gasteiger partial charge is 0.356 e. The molecule has 0 aliphatic rings. The second-order valence-electron chi connectivity index (χ2n) is 4.06. The van der Waals surface area contributed by atoms with Crippen molar-refractivity contribution < 1.29 is 14.7 Å². The number of hydrogen-bond acceptors (Lipinski definition) is 4. The van der Waals surface area contributed by atoms with Crippen molar-refractivity contribution in [3.05, 3.63) is 42.0 Å². The molecule has 2 heterocycles.